The lowest BCUT2D eigenvalue weighted by atomic mass is 10.1. The summed E-state index contributed by atoms with van der Waals surface area (Å²) in [5, 5.41) is 2.38. The number of nitrogens with zero attached hydrogens (tertiary/aromatic N) is 1. The number of benzene rings is 3. The average Bonchev–Trinajstić information content (AvgIpc) is 3.11. The van der Waals surface area contributed by atoms with E-state index in [-0.39, 0.29) is 28.5 Å². The zero-order valence-electron chi connectivity index (χ0n) is 15.5. The van der Waals surface area contributed by atoms with Crippen molar-refractivity contribution in [3.63, 3.8) is 0 Å². The van der Waals surface area contributed by atoms with Crippen LogP contribution in [-0.4, -0.2) is 14.3 Å². The molecule has 3 aromatic rings. The fourth-order valence-electron chi connectivity index (χ4n) is 3.13. The minimum absolute atomic E-state index is 0.0855. The molecule has 0 unspecified atom stereocenters. The molecule has 1 amide bonds. The van der Waals surface area contributed by atoms with Gasteiger partial charge in [0.2, 0.25) is 0 Å². The first-order chi connectivity index (χ1) is 14.7. The summed E-state index contributed by atoms with van der Waals surface area (Å²) in [6, 6.07) is 10.2. The quantitative estimate of drug-likeness (QED) is 0.602. The zero-order chi connectivity index (χ0) is 22.3. The van der Waals surface area contributed by atoms with Gasteiger partial charge < -0.3 is 5.32 Å². The van der Waals surface area contributed by atoms with Crippen LogP contribution in [0, 0.1) is 17.5 Å². The molecular formula is C20H13ClF3N3O3S. The molecule has 4 rings (SSSR count). The highest BCUT2D eigenvalue weighted by Crippen LogP contribution is 2.33. The molecule has 160 valence electrons. The lowest BCUT2D eigenvalue weighted by molar-refractivity contribution is 0.102. The van der Waals surface area contributed by atoms with Crippen LogP contribution in [0.5, 0.6) is 0 Å². The average molecular weight is 468 g/mol. The topological polar surface area (TPSA) is 78.5 Å². The van der Waals surface area contributed by atoms with E-state index in [2.05, 4.69) is 10.7 Å². The van der Waals surface area contributed by atoms with Crippen LogP contribution >= 0.6 is 11.6 Å². The summed E-state index contributed by atoms with van der Waals surface area (Å²) < 4.78 is 67.7. The highest BCUT2D eigenvalue weighted by molar-refractivity contribution is 7.92. The van der Waals surface area contributed by atoms with Gasteiger partial charge >= 0.3 is 0 Å². The minimum atomic E-state index is -4.36. The van der Waals surface area contributed by atoms with Gasteiger partial charge in [-0.3, -0.25) is 4.79 Å². The molecule has 2 N–H and O–H groups in total. The third-order valence-electron chi connectivity index (χ3n) is 4.54. The van der Waals surface area contributed by atoms with Crippen molar-refractivity contribution in [1.29, 1.82) is 0 Å². The van der Waals surface area contributed by atoms with E-state index in [1.54, 1.807) is 6.07 Å². The van der Waals surface area contributed by atoms with E-state index < -0.39 is 38.3 Å². The number of amides is 1. The van der Waals surface area contributed by atoms with Gasteiger partial charge in [-0.1, -0.05) is 23.7 Å². The summed E-state index contributed by atoms with van der Waals surface area (Å²) in [5.41, 5.74) is 3.14. The number of rotatable bonds is 4. The second-order valence-electron chi connectivity index (χ2n) is 6.60. The van der Waals surface area contributed by atoms with Crippen molar-refractivity contribution in [3.05, 3.63) is 88.2 Å². The molecule has 1 aliphatic heterocycles. The number of nitrogens with one attached hydrogen (secondary N) is 2. The maximum absolute atomic E-state index is 14.0. The molecule has 31 heavy (non-hydrogen) atoms. The van der Waals surface area contributed by atoms with Crippen LogP contribution in [0.25, 0.3) is 0 Å². The second kappa shape index (κ2) is 7.88. The Hall–Kier alpha value is -3.08. The van der Waals surface area contributed by atoms with Crippen molar-refractivity contribution in [2.75, 3.05) is 9.73 Å². The van der Waals surface area contributed by atoms with Crippen molar-refractivity contribution in [2.45, 2.75) is 11.4 Å². The predicted molar refractivity (Wildman–Crippen MR) is 109 cm³/mol. The number of carbonyl (C=O) groups is 1. The smallest absolute Gasteiger partial charge is 0.277 e. The Morgan fingerprint density at radius 3 is 2.42 bits per heavy atom. The molecule has 0 radical (unpaired) electrons. The van der Waals surface area contributed by atoms with Gasteiger partial charge in [-0.15, -0.1) is 0 Å². The van der Waals surface area contributed by atoms with Gasteiger partial charge in [-0.2, -0.15) is 12.8 Å². The number of hydrogen-bond acceptors (Lipinski definition) is 4. The molecule has 6 nitrogen and oxygen atoms in total. The Kier molecular flexibility index (Phi) is 5.38. The second-order valence-corrected chi connectivity index (χ2v) is 8.80. The van der Waals surface area contributed by atoms with Crippen LogP contribution in [0.1, 0.15) is 15.9 Å². The highest BCUT2D eigenvalue weighted by atomic mass is 35.5. The van der Waals surface area contributed by atoms with Crippen LogP contribution in [0.2, 0.25) is 5.02 Å². The fourth-order valence-corrected chi connectivity index (χ4v) is 4.77. The van der Waals surface area contributed by atoms with Gasteiger partial charge in [0.25, 0.3) is 15.9 Å². The molecule has 0 saturated heterocycles. The first-order valence-corrected chi connectivity index (χ1v) is 10.6. The zero-order valence-corrected chi connectivity index (χ0v) is 17.1. The van der Waals surface area contributed by atoms with Crippen LogP contribution in [0.3, 0.4) is 0 Å². The lowest BCUT2D eigenvalue weighted by Gasteiger charge is -2.20. The molecule has 0 bridgehead atoms. The number of hydrogen-bond donors (Lipinski definition) is 2. The van der Waals surface area contributed by atoms with Gasteiger partial charge in [0.1, 0.15) is 17.5 Å². The SMILES string of the molecule is O=C(Nc1ccc2c(c1)N(S(=O)(=O)c1cc(F)cc(F)c1)NC2)c1c(F)cccc1Cl. The summed E-state index contributed by atoms with van der Waals surface area (Å²) >= 11 is 5.90. The fraction of sp³-hybridized carbons (Fsp3) is 0.0500. The minimum Gasteiger partial charge on any atom is -0.322 e. The van der Waals surface area contributed by atoms with Crippen LogP contribution in [-0.2, 0) is 16.6 Å². The molecule has 11 heteroatoms. The van der Waals surface area contributed by atoms with E-state index in [0.29, 0.717) is 23.8 Å². The summed E-state index contributed by atoms with van der Waals surface area (Å²) in [7, 11) is -4.36. The van der Waals surface area contributed by atoms with Crippen molar-refractivity contribution in [2.24, 2.45) is 0 Å². The Balaban J connectivity index is 1.67. The number of anilines is 2. The van der Waals surface area contributed by atoms with Crippen molar-refractivity contribution >= 4 is 38.9 Å². The van der Waals surface area contributed by atoms with Gasteiger partial charge in [0.05, 0.1) is 21.2 Å². The molecule has 3 aromatic carbocycles. The molecule has 1 aliphatic rings. The molecule has 0 aliphatic carbocycles. The summed E-state index contributed by atoms with van der Waals surface area (Å²) in [5.74, 6) is -3.72. The Morgan fingerprint density at radius 2 is 1.74 bits per heavy atom. The van der Waals surface area contributed by atoms with E-state index in [0.717, 1.165) is 10.5 Å². The number of halogens is 4. The molecular weight excluding hydrogens is 455 g/mol. The largest absolute Gasteiger partial charge is 0.322 e. The molecule has 0 fully saturated rings. The third kappa shape index (κ3) is 3.97. The molecule has 0 aromatic heterocycles. The summed E-state index contributed by atoms with van der Waals surface area (Å²) in [6.45, 7) is 0.125. The molecule has 0 saturated carbocycles. The Bertz CT molecular complexity index is 1280. The maximum atomic E-state index is 14.0. The van der Waals surface area contributed by atoms with E-state index in [9.17, 15) is 26.4 Å². The first kappa shape index (κ1) is 21.2. The van der Waals surface area contributed by atoms with Crippen molar-refractivity contribution in [3.8, 4) is 0 Å². The number of carbonyl (C=O) groups excluding carboxylic acids is 1. The molecule has 0 spiro atoms. The summed E-state index contributed by atoms with van der Waals surface area (Å²) in [6.07, 6.45) is 0. The highest BCUT2D eigenvalue weighted by Gasteiger charge is 2.32. The van der Waals surface area contributed by atoms with Crippen molar-refractivity contribution < 1.29 is 26.4 Å². The predicted octanol–water partition coefficient (Wildman–Crippen LogP) is 4.22. The van der Waals surface area contributed by atoms with E-state index in [1.165, 1.54) is 24.3 Å². The van der Waals surface area contributed by atoms with E-state index in [4.69, 9.17) is 11.6 Å². The monoisotopic (exact) mass is 467 g/mol. The van der Waals surface area contributed by atoms with Crippen LogP contribution in [0.4, 0.5) is 24.5 Å². The molecule has 0 atom stereocenters. The van der Waals surface area contributed by atoms with E-state index in [1.807, 2.05) is 0 Å². The number of sulfonamides is 1. The Morgan fingerprint density at radius 1 is 1.03 bits per heavy atom. The van der Waals surface area contributed by atoms with Gasteiger partial charge in [0.15, 0.2) is 0 Å². The standard InChI is InChI=1S/C20H13ClF3N3O3S/c21-16-2-1-3-17(24)19(16)20(28)26-14-5-4-11-10-25-27(18(11)9-14)31(29,30)15-7-12(22)6-13(23)8-15/h1-9,25H,10H2,(H,26,28). The third-order valence-corrected chi connectivity index (χ3v) is 6.49. The lowest BCUT2D eigenvalue weighted by Crippen LogP contribution is -2.38. The van der Waals surface area contributed by atoms with Gasteiger partial charge in [0, 0.05) is 18.3 Å². The normalized spacial score (nSPS) is 13.2. The summed E-state index contributed by atoms with van der Waals surface area (Å²) in [4.78, 5) is 11.9. The maximum Gasteiger partial charge on any atom is 0.277 e. The van der Waals surface area contributed by atoms with Crippen LogP contribution < -0.4 is 15.2 Å². The Labute approximate surface area is 180 Å². The van der Waals surface area contributed by atoms with Gasteiger partial charge in [-0.05, 0) is 42.0 Å². The first-order valence-electron chi connectivity index (χ1n) is 8.80. The number of hydrazine groups is 1. The van der Waals surface area contributed by atoms with Crippen LogP contribution in [0.15, 0.2) is 59.5 Å². The van der Waals surface area contributed by atoms with Gasteiger partial charge in [-0.25, -0.2) is 18.6 Å². The molecule has 1 heterocycles. The van der Waals surface area contributed by atoms with Crippen molar-refractivity contribution in [1.82, 2.24) is 5.43 Å². The number of fused-ring (bicyclic) bond motifs is 1. The van der Waals surface area contributed by atoms with E-state index >= 15 is 0 Å².